The summed E-state index contributed by atoms with van der Waals surface area (Å²) in [5, 5.41) is 12.0. The van der Waals surface area contributed by atoms with Gasteiger partial charge in [0.05, 0.1) is 19.3 Å². The molecule has 0 aromatic heterocycles. The van der Waals surface area contributed by atoms with Gasteiger partial charge in [-0.2, -0.15) is 0 Å². The summed E-state index contributed by atoms with van der Waals surface area (Å²) >= 11 is 0. The predicted octanol–water partition coefficient (Wildman–Crippen LogP) is 3.82. The normalized spacial score (nSPS) is 26.8. The third-order valence-electron chi connectivity index (χ3n) is 7.03. The number of benzene rings is 2. The lowest BCUT2D eigenvalue weighted by molar-refractivity contribution is -0.166. The van der Waals surface area contributed by atoms with Gasteiger partial charge in [-0.05, 0) is 48.9 Å². The van der Waals surface area contributed by atoms with Gasteiger partial charge in [-0.3, -0.25) is 4.79 Å². The van der Waals surface area contributed by atoms with E-state index in [1.807, 2.05) is 54.6 Å². The molecule has 2 fully saturated rings. The molecular formula is C26H31NO6. The van der Waals surface area contributed by atoms with Gasteiger partial charge in [-0.25, -0.2) is 4.79 Å². The van der Waals surface area contributed by atoms with Crippen LogP contribution >= 0.6 is 0 Å². The van der Waals surface area contributed by atoms with Crippen LogP contribution in [0.4, 0.5) is 4.79 Å². The monoisotopic (exact) mass is 453 g/mol. The van der Waals surface area contributed by atoms with Crippen molar-refractivity contribution < 1.29 is 28.9 Å². The zero-order chi connectivity index (χ0) is 23.5. The molecule has 1 heterocycles. The van der Waals surface area contributed by atoms with Gasteiger partial charge in [-0.1, -0.05) is 42.5 Å². The maximum absolute atomic E-state index is 12.8. The van der Waals surface area contributed by atoms with Crippen molar-refractivity contribution in [3.05, 3.63) is 65.7 Å². The predicted molar refractivity (Wildman–Crippen MR) is 122 cm³/mol. The van der Waals surface area contributed by atoms with Gasteiger partial charge in [0.25, 0.3) is 0 Å². The molecule has 2 aromatic carbocycles. The largest absolute Gasteiger partial charge is 0.497 e. The molecule has 1 saturated heterocycles. The Morgan fingerprint density at radius 2 is 1.91 bits per heavy atom. The highest BCUT2D eigenvalue weighted by atomic mass is 16.6. The summed E-state index contributed by atoms with van der Waals surface area (Å²) in [6.07, 6.45) is 1.23. The first-order valence-electron chi connectivity index (χ1n) is 11.3. The van der Waals surface area contributed by atoms with Gasteiger partial charge in [0.15, 0.2) is 0 Å². The molecular weight excluding hydrogens is 422 g/mol. The van der Waals surface area contributed by atoms with E-state index >= 15 is 0 Å². The number of likely N-dealkylation sites (tertiary alicyclic amines) is 1. The lowest BCUT2D eigenvalue weighted by Gasteiger charge is -2.57. The van der Waals surface area contributed by atoms with Crippen LogP contribution < -0.4 is 4.74 Å². The Hall–Kier alpha value is -3.06. The molecule has 0 radical (unpaired) electrons. The fourth-order valence-electron chi connectivity index (χ4n) is 5.36. The lowest BCUT2D eigenvalue weighted by Crippen LogP contribution is -2.66. The topological polar surface area (TPSA) is 85.3 Å². The third kappa shape index (κ3) is 4.69. The number of rotatable bonds is 5. The summed E-state index contributed by atoms with van der Waals surface area (Å²) in [4.78, 5) is 26.1. The fourth-order valence-corrected chi connectivity index (χ4v) is 5.36. The number of nitrogens with zero attached hydrogens (tertiary/aromatic N) is 1. The van der Waals surface area contributed by atoms with E-state index in [-0.39, 0.29) is 25.2 Å². The second kappa shape index (κ2) is 9.43. The number of amides is 1. The molecule has 7 nitrogen and oxygen atoms in total. The average Bonchev–Trinajstić information content (AvgIpc) is 2.82. The third-order valence-corrected chi connectivity index (χ3v) is 7.03. The molecule has 1 aliphatic carbocycles. The highest BCUT2D eigenvalue weighted by Gasteiger charge is 2.59. The van der Waals surface area contributed by atoms with Crippen LogP contribution in [0.3, 0.4) is 0 Å². The number of esters is 1. The summed E-state index contributed by atoms with van der Waals surface area (Å²) in [7, 11) is 1.61. The van der Waals surface area contributed by atoms with Gasteiger partial charge < -0.3 is 24.2 Å². The fraction of sp³-hybridized carbons (Fsp3) is 0.462. The number of hydrogen-bond acceptors (Lipinski definition) is 6. The van der Waals surface area contributed by atoms with E-state index in [4.69, 9.17) is 14.2 Å². The molecule has 1 aliphatic heterocycles. The van der Waals surface area contributed by atoms with Crippen LogP contribution in [0.15, 0.2) is 54.6 Å². The molecule has 33 heavy (non-hydrogen) atoms. The first-order valence-corrected chi connectivity index (χ1v) is 11.3. The van der Waals surface area contributed by atoms with E-state index < -0.39 is 17.1 Å². The molecule has 1 unspecified atom stereocenters. The van der Waals surface area contributed by atoms with Crippen molar-refractivity contribution in [2.75, 3.05) is 20.2 Å². The number of methoxy groups -OCH3 is 1. The van der Waals surface area contributed by atoms with Gasteiger partial charge in [0.1, 0.15) is 18.5 Å². The molecule has 1 N–H and O–H groups in total. The Bertz CT molecular complexity index is 995. The molecule has 2 aromatic rings. The molecule has 1 saturated carbocycles. The number of β-amino-alcohol motifs (C(OH)–C–C–N with tert-alkyl or cyclic N) is 1. The van der Waals surface area contributed by atoms with Gasteiger partial charge in [0.2, 0.25) is 0 Å². The number of aliphatic hydroxyl groups is 1. The Morgan fingerprint density at radius 3 is 2.64 bits per heavy atom. The number of carbonyl (C=O) groups is 2. The van der Waals surface area contributed by atoms with E-state index in [0.29, 0.717) is 38.0 Å². The number of hydrogen-bond donors (Lipinski definition) is 1. The molecule has 3 atom stereocenters. The quantitative estimate of drug-likeness (QED) is 0.693. The minimum Gasteiger partial charge on any atom is -0.497 e. The van der Waals surface area contributed by atoms with Crippen molar-refractivity contribution in [3.63, 3.8) is 0 Å². The SMILES string of the molecule is COc1cccc([C@]23CCN(C(=O)OCc4ccccc4)C[C@]2(O)CCC(OC(C)=O)C3)c1. The smallest absolute Gasteiger partial charge is 0.410 e. The summed E-state index contributed by atoms with van der Waals surface area (Å²) in [6.45, 7) is 2.18. The number of piperidine rings is 1. The summed E-state index contributed by atoms with van der Waals surface area (Å²) < 4.78 is 16.5. The second-order valence-electron chi connectivity index (χ2n) is 9.03. The lowest BCUT2D eigenvalue weighted by atomic mass is 9.55. The molecule has 4 rings (SSSR count). The Balaban J connectivity index is 1.57. The molecule has 0 bridgehead atoms. The van der Waals surface area contributed by atoms with E-state index in [0.717, 1.165) is 11.1 Å². The van der Waals surface area contributed by atoms with E-state index in [2.05, 4.69) is 0 Å². The van der Waals surface area contributed by atoms with Crippen LogP contribution in [0.1, 0.15) is 43.7 Å². The van der Waals surface area contributed by atoms with Crippen molar-refractivity contribution in [2.24, 2.45) is 0 Å². The highest BCUT2D eigenvalue weighted by Crippen LogP contribution is 2.52. The van der Waals surface area contributed by atoms with Crippen LogP contribution in [0.25, 0.3) is 0 Å². The van der Waals surface area contributed by atoms with E-state index in [9.17, 15) is 14.7 Å². The van der Waals surface area contributed by atoms with Crippen LogP contribution in [0, 0.1) is 0 Å². The van der Waals surface area contributed by atoms with Gasteiger partial charge in [0, 0.05) is 18.9 Å². The van der Waals surface area contributed by atoms with Crippen molar-refractivity contribution in [2.45, 2.75) is 56.3 Å². The first kappa shape index (κ1) is 23.1. The molecule has 2 aliphatic rings. The minimum atomic E-state index is -1.18. The van der Waals surface area contributed by atoms with Crippen LogP contribution in [0.2, 0.25) is 0 Å². The molecule has 7 heteroatoms. The Kier molecular flexibility index (Phi) is 6.61. The van der Waals surface area contributed by atoms with Crippen molar-refractivity contribution in [1.82, 2.24) is 4.90 Å². The second-order valence-corrected chi connectivity index (χ2v) is 9.03. The van der Waals surface area contributed by atoms with Gasteiger partial charge in [-0.15, -0.1) is 0 Å². The number of carbonyl (C=O) groups excluding carboxylic acids is 2. The molecule has 1 amide bonds. The van der Waals surface area contributed by atoms with Crippen LogP contribution in [0.5, 0.6) is 5.75 Å². The molecule has 0 spiro atoms. The minimum absolute atomic E-state index is 0.157. The summed E-state index contributed by atoms with van der Waals surface area (Å²) in [6, 6.07) is 17.2. The van der Waals surface area contributed by atoms with Crippen molar-refractivity contribution >= 4 is 12.1 Å². The van der Waals surface area contributed by atoms with E-state index in [1.54, 1.807) is 12.0 Å². The maximum Gasteiger partial charge on any atom is 0.410 e. The zero-order valence-electron chi connectivity index (χ0n) is 19.2. The zero-order valence-corrected chi connectivity index (χ0v) is 19.2. The average molecular weight is 454 g/mol. The molecule has 176 valence electrons. The van der Waals surface area contributed by atoms with E-state index in [1.165, 1.54) is 6.92 Å². The maximum atomic E-state index is 12.8. The van der Waals surface area contributed by atoms with Gasteiger partial charge >= 0.3 is 12.1 Å². The van der Waals surface area contributed by atoms with Crippen molar-refractivity contribution in [3.8, 4) is 5.75 Å². The van der Waals surface area contributed by atoms with Crippen LogP contribution in [-0.2, 0) is 26.3 Å². The Labute approximate surface area is 194 Å². The Morgan fingerprint density at radius 1 is 1.12 bits per heavy atom. The standard InChI is InChI=1S/C26H31NO6/c1-19(28)33-23-11-12-26(30)18-27(24(29)32-17-20-7-4-3-5-8-20)14-13-25(26,16-23)21-9-6-10-22(15-21)31-2/h3-10,15,23,30H,11-14,16-18H2,1-2H3/t23?,25-,26-/m1/s1. The van der Waals surface area contributed by atoms with Crippen LogP contribution in [-0.4, -0.2) is 54.0 Å². The number of ether oxygens (including phenoxy) is 3. The highest BCUT2D eigenvalue weighted by molar-refractivity contribution is 5.68. The summed E-state index contributed by atoms with van der Waals surface area (Å²) in [5.74, 6) is 0.372. The first-order chi connectivity index (χ1) is 15.8. The van der Waals surface area contributed by atoms with Crippen molar-refractivity contribution in [1.29, 1.82) is 0 Å². The number of fused-ring (bicyclic) bond motifs is 1. The summed E-state index contributed by atoms with van der Waals surface area (Å²) in [5.41, 5.74) is -0.0106.